The first kappa shape index (κ1) is 32.7. The molecular formula is C33H32F5N7O3. The van der Waals surface area contributed by atoms with Crippen LogP contribution in [0.1, 0.15) is 40.6 Å². The first-order valence-corrected chi connectivity index (χ1v) is 15.4. The van der Waals surface area contributed by atoms with Crippen molar-refractivity contribution >= 4 is 35.0 Å². The van der Waals surface area contributed by atoms with Crippen molar-refractivity contribution < 1.29 is 36.0 Å². The molecule has 2 fully saturated rings. The topological polar surface area (TPSA) is 107 Å². The van der Waals surface area contributed by atoms with Crippen molar-refractivity contribution in [2.75, 3.05) is 66.2 Å². The second kappa shape index (κ2) is 13.9. The second-order valence-corrected chi connectivity index (χ2v) is 11.6. The van der Waals surface area contributed by atoms with E-state index in [-0.39, 0.29) is 24.2 Å². The van der Waals surface area contributed by atoms with Gasteiger partial charge in [0.15, 0.2) is 5.69 Å². The Labute approximate surface area is 272 Å². The minimum Gasteiger partial charge on any atom is -0.419 e. The minimum absolute atomic E-state index is 0.101. The van der Waals surface area contributed by atoms with Crippen LogP contribution in [0.25, 0.3) is 0 Å². The fourth-order valence-electron chi connectivity index (χ4n) is 5.84. The van der Waals surface area contributed by atoms with Crippen molar-refractivity contribution in [3.63, 3.8) is 0 Å². The summed E-state index contributed by atoms with van der Waals surface area (Å²) >= 11 is 0. The van der Waals surface area contributed by atoms with Crippen LogP contribution < -0.4 is 20.4 Å². The van der Waals surface area contributed by atoms with E-state index in [0.29, 0.717) is 50.6 Å². The number of carbonyl (C=O) groups excluding carboxylic acids is 2. The van der Waals surface area contributed by atoms with Crippen LogP contribution in [0, 0.1) is 11.6 Å². The summed E-state index contributed by atoms with van der Waals surface area (Å²) in [5, 5.41) is 5.37. The highest BCUT2D eigenvalue weighted by atomic mass is 19.4. The van der Waals surface area contributed by atoms with Crippen molar-refractivity contribution in [3.8, 4) is 0 Å². The summed E-state index contributed by atoms with van der Waals surface area (Å²) < 4.78 is 74.9. The summed E-state index contributed by atoms with van der Waals surface area (Å²) in [5.74, 6) is -2.27. The lowest BCUT2D eigenvalue weighted by atomic mass is 9.91. The number of piperazine rings is 1. The number of benzene rings is 2. The number of aromatic nitrogens is 2. The molecule has 1 unspecified atom stereocenters. The summed E-state index contributed by atoms with van der Waals surface area (Å²) in [6, 6.07) is 14.6. The maximum atomic E-state index is 13.9. The Kier molecular flexibility index (Phi) is 9.46. The number of anilines is 4. The number of amides is 2. The molecule has 0 spiro atoms. The zero-order chi connectivity index (χ0) is 33.8. The lowest BCUT2D eigenvalue weighted by molar-refractivity contribution is -0.141. The number of oxazole rings is 1. The summed E-state index contributed by atoms with van der Waals surface area (Å²) in [6.45, 7) is 1.83. The minimum atomic E-state index is -4.92. The molecule has 0 saturated carbocycles. The van der Waals surface area contributed by atoms with Gasteiger partial charge in [-0.05, 0) is 54.8 Å². The fraction of sp³-hybridized carbons (Fsp3) is 0.333. The van der Waals surface area contributed by atoms with Crippen LogP contribution in [0.15, 0.2) is 71.3 Å². The molecule has 6 rings (SSSR count). The number of nitrogens with zero attached hydrogens (tertiary/aromatic N) is 5. The molecule has 252 valence electrons. The van der Waals surface area contributed by atoms with Gasteiger partial charge in [-0.25, -0.2) is 18.6 Å². The van der Waals surface area contributed by atoms with E-state index in [4.69, 9.17) is 4.42 Å². The third kappa shape index (κ3) is 7.50. The van der Waals surface area contributed by atoms with E-state index in [1.54, 1.807) is 40.1 Å². The van der Waals surface area contributed by atoms with E-state index in [0.717, 1.165) is 12.0 Å². The van der Waals surface area contributed by atoms with Crippen molar-refractivity contribution in [3.05, 3.63) is 95.5 Å². The van der Waals surface area contributed by atoms with Gasteiger partial charge in [-0.1, -0.05) is 24.3 Å². The number of pyridine rings is 1. The average Bonchev–Trinajstić information content (AvgIpc) is 3.56. The number of nitrogens with one attached hydrogen (secondary N) is 2. The van der Waals surface area contributed by atoms with E-state index in [1.165, 1.54) is 36.5 Å². The summed E-state index contributed by atoms with van der Waals surface area (Å²) in [4.78, 5) is 38.7. The van der Waals surface area contributed by atoms with Crippen LogP contribution in [0.4, 0.5) is 50.0 Å². The number of urea groups is 1. The summed E-state index contributed by atoms with van der Waals surface area (Å²) in [6.07, 6.45) is -2.12. The molecule has 1 atom stereocenters. The molecule has 0 bridgehead atoms. The van der Waals surface area contributed by atoms with Crippen LogP contribution in [0.3, 0.4) is 0 Å². The van der Waals surface area contributed by atoms with Crippen LogP contribution in [-0.2, 0) is 6.18 Å². The molecule has 15 heteroatoms. The highest BCUT2D eigenvalue weighted by Crippen LogP contribution is 2.36. The highest BCUT2D eigenvalue weighted by Gasteiger charge is 2.42. The molecule has 2 saturated heterocycles. The Bertz CT molecular complexity index is 1760. The van der Waals surface area contributed by atoms with Gasteiger partial charge in [0, 0.05) is 45.2 Å². The Hall–Kier alpha value is -5.21. The molecule has 2 aromatic carbocycles. The number of alkyl halides is 3. The van der Waals surface area contributed by atoms with Crippen LogP contribution >= 0.6 is 0 Å². The number of hydrogen-bond acceptors (Lipinski definition) is 8. The van der Waals surface area contributed by atoms with E-state index in [9.17, 15) is 31.5 Å². The first-order valence-electron chi connectivity index (χ1n) is 15.4. The molecular weight excluding hydrogens is 637 g/mol. The van der Waals surface area contributed by atoms with Gasteiger partial charge in [-0.2, -0.15) is 18.2 Å². The first-order chi connectivity index (χ1) is 23.0. The van der Waals surface area contributed by atoms with Crippen molar-refractivity contribution in [1.29, 1.82) is 0 Å². The maximum Gasteiger partial charge on any atom is 0.437 e. The Balaban J connectivity index is 1.05. The normalized spacial score (nSPS) is 16.9. The molecule has 4 heterocycles. The molecule has 2 aliphatic heterocycles. The molecule has 2 N–H and O–H groups in total. The fourth-order valence-corrected chi connectivity index (χ4v) is 5.84. The Morgan fingerprint density at radius 2 is 1.73 bits per heavy atom. The van der Waals surface area contributed by atoms with Gasteiger partial charge in [-0.3, -0.25) is 4.79 Å². The molecule has 4 aromatic rings. The molecule has 2 amide bonds. The predicted octanol–water partition coefficient (Wildman–Crippen LogP) is 6.40. The number of rotatable bonds is 8. The Morgan fingerprint density at radius 1 is 0.938 bits per heavy atom. The van der Waals surface area contributed by atoms with Gasteiger partial charge in [0.1, 0.15) is 17.5 Å². The van der Waals surface area contributed by atoms with E-state index < -0.39 is 47.6 Å². The molecule has 0 aliphatic carbocycles. The summed E-state index contributed by atoms with van der Waals surface area (Å²) in [7, 11) is 0. The maximum absolute atomic E-state index is 13.9. The van der Waals surface area contributed by atoms with Gasteiger partial charge in [0.25, 0.3) is 6.01 Å². The third-order valence-electron chi connectivity index (χ3n) is 8.36. The summed E-state index contributed by atoms with van der Waals surface area (Å²) in [5.41, 5.74) is -0.164. The van der Waals surface area contributed by atoms with Crippen LogP contribution in [0.2, 0.25) is 0 Å². The molecule has 2 aromatic heterocycles. The number of Topliss-reactive ketones (excluding diaryl/α,β-unsaturated/α-hetero) is 1. The zero-order valence-corrected chi connectivity index (χ0v) is 25.6. The van der Waals surface area contributed by atoms with Gasteiger partial charge in [0.2, 0.25) is 11.5 Å². The van der Waals surface area contributed by atoms with E-state index >= 15 is 0 Å². The van der Waals surface area contributed by atoms with Crippen molar-refractivity contribution in [1.82, 2.24) is 14.9 Å². The number of ketones is 1. The van der Waals surface area contributed by atoms with Crippen molar-refractivity contribution in [2.45, 2.75) is 24.9 Å². The molecule has 0 radical (unpaired) electrons. The van der Waals surface area contributed by atoms with Gasteiger partial charge in [-0.15, -0.1) is 0 Å². The smallest absolute Gasteiger partial charge is 0.419 e. The monoisotopic (exact) mass is 669 g/mol. The lowest BCUT2D eigenvalue weighted by Gasteiger charge is -2.35. The lowest BCUT2D eigenvalue weighted by Crippen LogP contribution is -2.50. The number of halogens is 5. The number of carbonyl (C=O) groups is 2. The predicted molar refractivity (Wildman–Crippen MR) is 168 cm³/mol. The number of para-hydroxylation sites is 1. The second-order valence-electron chi connectivity index (χ2n) is 11.6. The van der Waals surface area contributed by atoms with E-state index in [2.05, 4.69) is 20.6 Å². The quantitative estimate of drug-likeness (QED) is 0.164. The SMILES string of the molecule is O=C(CNc1ccc(N2CCN(C(=O)Nc3ccccc3F)CC2)nc1)c1oc(N2CCCC(c3cccc(F)c3)C2)nc1C(F)(F)F. The Morgan fingerprint density at radius 3 is 2.44 bits per heavy atom. The van der Waals surface area contributed by atoms with Gasteiger partial charge < -0.3 is 29.8 Å². The largest absolute Gasteiger partial charge is 0.437 e. The zero-order valence-electron chi connectivity index (χ0n) is 25.6. The van der Waals surface area contributed by atoms with Gasteiger partial charge in [0.05, 0.1) is 24.1 Å². The van der Waals surface area contributed by atoms with Crippen LogP contribution in [0.5, 0.6) is 0 Å². The van der Waals surface area contributed by atoms with Crippen LogP contribution in [-0.4, -0.2) is 72.5 Å². The molecule has 48 heavy (non-hydrogen) atoms. The van der Waals surface area contributed by atoms with E-state index in [1.807, 2.05) is 4.90 Å². The average molecular weight is 670 g/mol. The third-order valence-corrected chi connectivity index (χ3v) is 8.36. The van der Waals surface area contributed by atoms with Crippen molar-refractivity contribution in [2.24, 2.45) is 0 Å². The molecule has 2 aliphatic rings. The number of hydrogen-bond donors (Lipinski definition) is 2. The van der Waals surface area contributed by atoms with Gasteiger partial charge >= 0.3 is 12.2 Å². The standard InChI is InChI=1S/C33H32F5N7O3/c34-23-7-3-5-21(17-23)22-6-4-12-45(20-22)32-42-30(33(36,37)38)29(48-32)27(46)19-39-24-10-11-28(40-18-24)43-13-15-44(16-14-43)31(47)41-26-9-2-1-8-25(26)35/h1-3,5,7-11,17-18,22,39H,4,6,12-16,19-20H2,(H,41,47). The number of piperidine rings is 1. The molecule has 10 nitrogen and oxygen atoms in total. The highest BCUT2D eigenvalue weighted by molar-refractivity contribution is 5.98.